The van der Waals surface area contributed by atoms with Crippen LogP contribution in [0.2, 0.25) is 0 Å². The molecule has 156 valence electrons. The number of nitrogens with zero attached hydrogens (tertiary/aromatic N) is 2. The normalized spacial score (nSPS) is 20.9. The lowest BCUT2D eigenvalue weighted by molar-refractivity contribution is -0.151. The predicted molar refractivity (Wildman–Crippen MR) is 119 cm³/mol. The average Bonchev–Trinajstić information content (AvgIpc) is 2.78. The predicted octanol–water partition coefficient (Wildman–Crippen LogP) is 3.14. The van der Waals surface area contributed by atoms with Crippen molar-refractivity contribution in [2.75, 3.05) is 25.0 Å². The summed E-state index contributed by atoms with van der Waals surface area (Å²) in [6.45, 7) is 0.466. The second kappa shape index (κ2) is 7.23. The molecule has 2 aliphatic heterocycles. The molecule has 1 atom stereocenters. The van der Waals surface area contributed by atoms with Crippen molar-refractivity contribution >= 4 is 34.3 Å². The monoisotopic (exact) mass is 413 g/mol. The van der Waals surface area contributed by atoms with Gasteiger partial charge < -0.3 is 4.90 Å². The van der Waals surface area contributed by atoms with Gasteiger partial charge in [-0.05, 0) is 34.4 Å². The van der Waals surface area contributed by atoms with Gasteiger partial charge in [0.05, 0.1) is 0 Å². The Morgan fingerprint density at radius 3 is 2.48 bits per heavy atom. The lowest BCUT2D eigenvalue weighted by Gasteiger charge is -2.45. The number of hydrogen-bond acceptors (Lipinski definition) is 4. The number of benzene rings is 3. The summed E-state index contributed by atoms with van der Waals surface area (Å²) in [6, 6.07) is 21.1. The molecule has 3 aromatic carbocycles. The number of imide groups is 2. The fraction of sp³-hybridized carbons (Fsp3) is 0.240. The number of carbonyl (C=O) groups is 3. The molecule has 0 saturated carbocycles. The minimum Gasteiger partial charge on any atom is -0.373 e. The molecule has 4 amide bonds. The molecule has 1 spiro atoms. The van der Waals surface area contributed by atoms with Crippen LogP contribution in [0, 0.1) is 5.41 Å². The van der Waals surface area contributed by atoms with Gasteiger partial charge in [-0.3, -0.25) is 19.8 Å². The second-order valence-corrected chi connectivity index (χ2v) is 8.35. The first-order chi connectivity index (χ1) is 15.0. The van der Waals surface area contributed by atoms with E-state index in [1.807, 2.05) is 72.6 Å². The summed E-state index contributed by atoms with van der Waals surface area (Å²) in [7, 11) is 1.89. The molecule has 1 fully saturated rings. The van der Waals surface area contributed by atoms with Crippen LogP contribution in [0.3, 0.4) is 0 Å². The summed E-state index contributed by atoms with van der Waals surface area (Å²) >= 11 is 0. The van der Waals surface area contributed by atoms with Gasteiger partial charge in [-0.25, -0.2) is 4.79 Å². The minimum atomic E-state index is -1.32. The molecule has 31 heavy (non-hydrogen) atoms. The molecular formula is C25H23N3O3. The topological polar surface area (TPSA) is 69.7 Å². The smallest absolute Gasteiger partial charge is 0.330 e. The Morgan fingerprint density at radius 1 is 0.935 bits per heavy atom. The van der Waals surface area contributed by atoms with Gasteiger partial charge in [-0.1, -0.05) is 60.7 Å². The highest BCUT2D eigenvalue weighted by atomic mass is 16.2. The van der Waals surface area contributed by atoms with E-state index < -0.39 is 23.3 Å². The van der Waals surface area contributed by atoms with Gasteiger partial charge in [0, 0.05) is 32.2 Å². The molecule has 0 bridgehead atoms. The van der Waals surface area contributed by atoms with Crippen LogP contribution in [0.15, 0.2) is 66.7 Å². The lowest BCUT2D eigenvalue weighted by atomic mass is 9.73. The molecule has 6 nitrogen and oxygen atoms in total. The maximum absolute atomic E-state index is 13.7. The van der Waals surface area contributed by atoms with Crippen molar-refractivity contribution in [1.29, 1.82) is 0 Å². The minimum absolute atomic E-state index is 0.232. The van der Waals surface area contributed by atoms with Gasteiger partial charge in [-0.15, -0.1) is 0 Å². The van der Waals surface area contributed by atoms with Crippen LogP contribution in [0.1, 0.15) is 11.1 Å². The fourth-order valence-electron chi connectivity index (χ4n) is 4.83. The summed E-state index contributed by atoms with van der Waals surface area (Å²) in [6.07, 6.45) is 0.813. The number of hydrogen-bond donors (Lipinski definition) is 1. The number of amides is 4. The first-order valence-electron chi connectivity index (χ1n) is 10.4. The molecule has 6 heteroatoms. The quantitative estimate of drug-likeness (QED) is 0.670. The van der Waals surface area contributed by atoms with E-state index in [1.165, 1.54) is 4.90 Å². The lowest BCUT2D eigenvalue weighted by Crippen LogP contribution is -2.68. The molecule has 1 saturated heterocycles. The van der Waals surface area contributed by atoms with Crippen LogP contribution in [-0.4, -0.2) is 42.9 Å². The number of nitrogens with one attached hydrogen (secondary N) is 1. The molecule has 2 aliphatic rings. The first kappa shape index (κ1) is 19.3. The van der Waals surface area contributed by atoms with Gasteiger partial charge in [0.25, 0.3) is 0 Å². The number of rotatable bonds is 3. The van der Waals surface area contributed by atoms with Gasteiger partial charge >= 0.3 is 6.03 Å². The van der Waals surface area contributed by atoms with Crippen molar-refractivity contribution in [2.45, 2.75) is 12.8 Å². The van der Waals surface area contributed by atoms with Crippen molar-refractivity contribution in [2.24, 2.45) is 5.41 Å². The molecule has 3 aromatic rings. The van der Waals surface area contributed by atoms with E-state index in [4.69, 9.17) is 0 Å². The molecule has 1 N–H and O–H groups in total. The van der Waals surface area contributed by atoms with Crippen molar-refractivity contribution < 1.29 is 14.4 Å². The second-order valence-electron chi connectivity index (χ2n) is 8.35. The van der Waals surface area contributed by atoms with Gasteiger partial charge in [0.2, 0.25) is 11.8 Å². The Labute approximate surface area is 180 Å². The Hall–Kier alpha value is -3.67. The zero-order chi connectivity index (χ0) is 21.6. The van der Waals surface area contributed by atoms with Crippen molar-refractivity contribution in [3.05, 3.63) is 77.9 Å². The van der Waals surface area contributed by atoms with E-state index in [2.05, 4.69) is 11.4 Å². The fourth-order valence-corrected chi connectivity index (χ4v) is 4.83. The third-order valence-electron chi connectivity index (χ3n) is 6.43. The summed E-state index contributed by atoms with van der Waals surface area (Å²) in [4.78, 5) is 42.5. The average molecular weight is 413 g/mol. The van der Waals surface area contributed by atoms with E-state index in [-0.39, 0.29) is 19.5 Å². The molecule has 2 heterocycles. The highest BCUT2D eigenvalue weighted by Gasteiger charge is 2.56. The standard InChI is InChI=1S/C25H23N3O3/c1-27-16-25(15-20-19-10-6-5-9-18(19)11-12-21(20)27)22(29)26-24(31)28(23(25)30)14-13-17-7-3-2-4-8-17/h2-12H,13-16H2,1H3,(H,26,29,31). The Bertz CT molecular complexity index is 1210. The molecule has 0 aromatic heterocycles. The summed E-state index contributed by atoms with van der Waals surface area (Å²) in [5.74, 6) is -0.925. The van der Waals surface area contributed by atoms with E-state index >= 15 is 0 Å². The highest BCUT2D eigenvalue weighted by molar-refractivity contribution is 6.20. The number of carbonyl (C=O) groups excluding carboxylic acids is 3. The zero-order valence-electron chi connectivity index (χ0n) is 17.3. The molecular weight excluding hydrogens is 390 g/mol. The summed E-state index contributed by atoms with van der Waals surface area (Å²) < 4.78 is 0. The third-order valence-corrected chi connectivity index (χ3v) is 6.43. The first-order valence-corrected chi connectivity index (χ1v) is 10.4. The van der Waals surface area contributed by atoms with Crippen LogP contribution < -0.4 is 10.2 Å². The van der Waals surface area contributed by atoms with E-state index in [0.717, 1.165) is 27.6 Å². The van der Waals surface area contributed by atoms with Crippen LogP contribution >= 0.6 is 0 Å². The van der Waals surface area contributed by atoms with Gasteiger partial charge in [0.15, 0.2) is 0 Å². The van der Waals surface area contributed by atoms with Crippen LogP contribution in [0.25, 0.3) is 10.8 Å². The number of anilines is 1. The van der Waals surface area contributed by atoms with Crippen LogP contribution in [0.4, 0.5) is 10.5 Å². The Kier molecular flexibility index (Phi) is 4.50. The summed E-state index contributed by atoms with van der Waals surface area (Å²) in [5, 5.41) is 4.55. The molecule has 1 unspecified atom stereocenters. The zero-order valence-corrected chi connectivity index (χ0v) is 17.3. The van der Waals surface area contributed by atoms with E-state index in [0.29, 0.717) is 6.42 Å². The van der Waals surface area contributed by atoms with Crippen LogP contribution in [-0.2, 0) is 22.4 Å². The van der Waals surface area contributed by atoms with Gasteiger partial charge in [-0.2, -0.15) is 0 Å². The largest absolute Gasteiger partial charge is 0.373 e. The van der Waals surface area contributed by atoms with Crippen molar-refractivity contribution in [1.82, 2.24) is 10.2 Å². The number of fused-ring (bicyclic) bond motifs is 3. The maximum Gasteiger partial charge on any atom is 0.330 e. The SMILES string of the molecule is CN1CC2(Cc3c1ccc1ccccc31)C(=O)NC(=O)N(CCc1ccccc1)C2=O. The number of urea groups is 1. The maximum atomic E-state index is 13.7. The van der Waals surface area contributed by atoms with E-state index in [9.17, 15) is 14.4 Å². The van der Waals surface area contributed by atoms with Crippen molar-refractivity contribution in [3.63, 3.8) is 0 Å². The van der Waals surface area contributed by atoms with Crippen molar-refractivity contribution in [3.8, 4) is 0 Å². The number of barbiturate groups is 1. The van der Waals surface area contributed by atoms with Crippen LogP contribution in [0.5, 0.6) is 0 Å². The highest BCUT2D eigenvalue weighted by Crippen LogP contribution is 2.42. The molecule has 0 radical (unpaired) electrons. The molecule has 0 aliphatic carbocycles. The third kappa shape index (κ3) is 3.06. The Balaban J connectivity index is 1.52. The van der Waals surface area contributed by atoms with Gasteiger partial charge in [0.1, 0.15) is 5.41 Å². The Morgan fingerprint density at radius 2 is 1.68 bits per heavy atom. The molecule has 5 rings (SSSR count). The summed E-state index contributed by atoms with van der Waals surface area (Å²) in [5.41, 5.74) is 1.69. The van der Waals surface area contributed by atoms with E-state index in [1.54, 1.807) is 0 Å².